The molecule has 166 valence electrons. The number of halogens is 1. The molecule has 1 fully saturated rings. The lowest BCUT2D eigenvalue weighted by Gasteiger charge is -2.55. The lowest BCUT2D eigenvalue weighted by Crippen LogP contribution is -2.63. The number of para-hydroxylation sites is 1. The molecule has 2 N–H and O–H groups in total. The zero-order chi connectivity index (χ0) is 23.5. The van der Waals surface area contributed by atoms with Crippen molar-refractivity contribution < 1.29 is 4.39 Å². The fraction of sp³-hybridized carbons (Fsp3) is 0.227. The van der Waals surface area contributed by atoms with Gasteiger partial charge in [-0.3, -0.25) is 9.36 Å². The monoisotopic (exact) mass is 462 g/mol. The Kier molecular flexibility index (Phi) is 4.65. The van der Waals surface area contributed by atoms with Crippen LogP contribution in [0, 0.1) is 30.0 Å². The second kappa shape index (κ2) is 7.31. The smallest absolute Gasteiger partial charge is 0.285 e. The van der Waals surface area contributed by atoms with E-state index in [4.69, 9.17) is 18.4 Å². The summed E-state index contributed by atoms with van der Waals surface area (Å²) in [6.45, 7) is 4.11. The van der Waals surface area contributed by atoms with Crippen molar-refractivity contribution in [2.75, 3.05) is 17.2 Å². The van der Waals surface area contributed by atoms with Crippen LogP contribution in [-0.4, -0.2) is 30.7 Å². The molecule has 4 heterocycles. The highest BCUT2D eigenvalue weighted by Crippen LogP contribution is 2.50. The number of benzene rings is 1. The first kappa shape index (κ1) is 21.0. The van der Waals surface area contributed by atoms with Crippen molar-refractivity contribution in [2.45, 2.75) is 18.7 Å². The van der Waals surface area contributed by atoms with Gasteiger partial charge in [-0.1, -0.05) is 25.1 Å². The SMILES string of the molecule is Cc1nc(N)nc(N2CC(C)C2(S)c2nn3ccc(F)c3c(=O)n2-c2ccccc2)c1C#N. The molecule has 0 radical (unpaired) electrons. The number of hydrogen-bond donors (Lipinski definition) is 2. The van der Waals surface area contributed by atoms with E-state index in [1.807, 2.05) is 13.0 Å². The second-order valence-corrected chi connectivity index (χ2v) is 8.65. The van der Waals surface area contributed by atoms with Crippen LogP contribution in [0.15, 0.2) is 47.4 Å². The van der Waals surface area contributed by atoms with Gasteiger partial charge in [-0.25, -0.2) is 13.9 Å². The van der Waals surface area contributed by atoms with Crippen molar-refractivity contribution in [2.24, 2.45) is 5.92 Å². The Hall–Kier alpha value is -3.91. The summed E-state index contributed by atoms with van der Waals surface area (Å²) in [4.78, 5) is 22.5. The molecule has 0 saturated carbocycles. The third-order valence-electron chi connectivity index (χ3n) is 5.99. The number of aromatic nitrogens is 5. The maximum atomic E-state index is 14.5. The van der Waals surface area contributed by atoms with E-state index in [9.17, 15) is 14.4 Å². The third kappa shape index (κ3) is 2.91. The van der Waals surface area contributed by atoms with Crippen LogP contribution in [0.1, 0.15) is 24.0 Å². The van der Waals surface area contributed by atoms with E-state index in [0.717, 1.165) is 0 Å². The predicted octanol–water partition coefficient (Wildman–Crippen LogP) is 2.42. The molecule has 9 nitrogen and oxygen atoms in total. The van der Waals surface area contributed by atoms with Gasteiger partial charge < -0.3 is 10.6 Å². The molecule has 33 heavy (non-hydrogen) atoms. The van der Waals surface area contributed by atoms with Crippen molar-refractivity contribution >= 4 is 29.9 Å². The van der Waals surface area contributed by atoms with Gasteiger partial charge in [-0.05, 0) is 25.1 Å². The van der Waals surface area contributed by atoms with Crippen molar-refractivity contribution in [1.82, 2.24) is 24.1 Å². The van der Waals surface area contributed by atoms with Gasteiger partial charge in [0, 0.05) is 18.7 Å². The molecule has 3 aromatic heterocycles. The zero-order valence-electron chi connectivity index (χ0n) is 17.8. The standard InChI is InChI=1S/C22H19FN8OS/c1-12-11-29(18-15(10-24)13(2)26-21(25)27-18)22(12,33)20-28-30-9-8-16(23)17(30)19(32)31(20)14-6-4-3-5-7-14/h3-9,12,33H,11H2,1-2H3,(H2,25,26,27). The van der Waals surface area contributed by atoms with Gasteiger partial charge in [-0.15, -0.1) is 12.6 Å². The Morgan fingerprint density at radius 3 is 2.67 bits per heavy atom. The summed E-state index contributed by atoms with van der Waals surface area (Å²) >= 11 is 5.00. The average molecular weight is 463 g/mol. The number of nitrogens with two attached hydrogens (primary N) is 1. The van der Waals surface area contributed by atoms with Gasteiger partial charge in [0.2, 0.25) is 5.95 Å². The Morgan fingerprint density at radius 2 is 2.00 bits per heavy atom. The minimum Gasteiger partial charge on any atom is -0.368 e. The van der Waals surface area contributed by atoms with Gasteiger partial charge in [-0.2, -0.15) is 15.3 Å². The van der Waals surface area contributed by atoms with Crippen LogP contribution >= 0.6 is 12.6 Å². The molecule has 1 aliphatic heterocycles. The molecule has 4 aromatic rings. The first-order valence-electron chi connectivity index (χ1n) is 10.2. The number of aryl methyl sites for hydroxylation is 1. The first-order valence-corrected chi connectivity index (χ1v) is 10.6. The van der Waals surface area contributed by atoms with Crippen molar-refractivity contribution in [3.63, 3.8) is 0 Å². The highest BCUT2D eigenvalue weighted by atomic mass is 32.1. The number of fused-ring (bicyclic) bond motifs is 1. The van der Waals surface area contributed by atoms with Crippen LogP contribution < -0.4 is 16.2 Å². The largest absolute Gasteiger partial charge is 0.368 e. The van der Waals surface area contributed by atoms with E-state index in [0.29, 0.717) is 23.7 Å². The number of nitrogens with zero attached hydrogens (tertiary/aromatic N) is 7. The number of rotatable bonds is 3. The van der Waals surface area contributed by atoms with Crippen molar-refractivity contribution in [1.29, 1.82) is 5.26 Å². The third-order valence-corrected chi connectivity index (χ3v) is 6.87. The molecule has 0 spiro atoms. The molecule has 1 saturated heterocycles. The summed E-state index contributed by atoms with van der Waals surface area (Å²) in [5.41, 5.74) is 6.36. The average Bonchev–Trinajstić information content (AvgIpc) is 3.17. The molecule has 0 amide bonds. The highest BCUT2D eigenvalue weighted by molar-refractivity contribution is 7.81. The Morgan fingerprint density at radius 1 is 1.27 bits per heavy atom. The topological polar surface area (TPSA) is 118 Å². The molecule has 0 bridgehead atoms. The van der Waals surface area contributed by atoms with Crippen LogP contribution in [0.2, 0.25) is 0 Å². The Labute approximate surface area is 193 Å². The van der Waals surface area contributed by atoms with E-state index in [-0.39, 0.29) is 28.8 Å². The van der Waals surface area contributed by atoms with Gasteiger partial charge in [0.25, 0.3) is 5.56 Å². The Balaban J connectivity index is 1.82. The Bertz CT molecular complexity index is 1510. The van der Waals surface area contributed by atoms with E-state index in [2.05, 4.69) is 21.1 Å². The van der Waals surface area contributed by atoms with Gasteiger partial charge in [0.05, 0.1) is 11.4 Å². The van der Waals surface area contributed by atoms with Crippen LogP contribution in [-0.2, 0) is 4.87 Å². The zero-order valence-corrected chi connectivity index (χ0v) is 18.7. The molecule has 2 atom stereocenters. The highest BCUT2D eigenvalue weighted by Gasteiger charge is 2.55. The normalized spacial score (nSPS) is 20.0. The molecule has 2 unspecified atom stereocenters. The summed E-state index contributed by atoms with van der Waals surface area (Å²) in [5, 5.41) is 14.4. The minimum absolute atomic E-state index is 0.0214. The summed E-state index contributed by atoms with van der Waals surface area (Å²) < 4.78 is 17.0. The molecule has 5 rings (SSSR count). The van der Waals surface area contributed by atoms with Crippen LogP contribution in [0.5, 0.6) is 0 Å². The van der Waals surface area contributed by atoms with Gasteiger partial charge >= 0.3 is 0 Å². The summed E-state index contributed by atoms with van der Waals surface area (Å²) in [5.74, 6) is -0.177. The quantitative estimate of drug-likeness (QED) is 0.449. The predicted molar refractivity (Wildman–Crippen MR) is 124 cm³/mol. The van der Waals surface area contributed by atoms with Crippen LogP contribution in [0.4, 0.5) is 16.2 Å². The molecular weight excluding hydrogens is 443 g/mol. The summed E-state index contributed by atoms with van der Waals surface area (Å²) in [6, 6.07) is 12.2. The number of anilines is 2. The van der Waals surface area contributed by atoms with Crippen molar-refractivity contribution in [3.8, 4) is 11.8 Å². The molecule has 11 heteroatoms. The van der Waals surface area contributed by atoms with E-state index >= 15 is 0 Å². The molecule has 1 aliphatic rings. The number of nitriles is 1. The summed E-state index contributed by atoms with van der Waals surface area (Å²) in [6.07, 6.45) is 1.39. The minimum atomic E-state index is -1.15. The number of hydrogen-bond acceptors (Lipinski definition) is 8. The van der Waals surface area contributed by atoms with E-state index < -0.39 is 16.2 Å². The van der Waals surface area contributed by atoms with Gasteiger partial charge in [0.1, 0.15) is 16.5 Å². The van der Waals surface area contributed by atoms with Crippen molar-refractivity contribution in [3.05, 3.63) is 75.8 Å². The van der Waals surface area contributed by atoms with Crippen LogP contribution in [0.3, 0.4) is 0 Å². The van der Waals surface area contributed by atoms with E-state index in [1.165, 1.54) is 21.3 Å². The summed E-state index contributed by atoms with van der Waals surface area (Å²) in [7, 11) is 0. The lowest BCUT2D eigenvalue weighted by atomic mass is 9.87. The maximum Gasteiger partial charge on any atom is 0.285 e. The van der Waals surface area contributed by atoms with E-state index in [1.54, 1.807) is 36.1 Å². The van der Waals surface area contributed by atoms with Crippen LogP contribution in [0.25, 0.3) is 11.2 Å². The fourth-order valence-electron chi connectivity index (χ4n) is 4.27. The number of thiol groups is 1. The lowest BCUT2D eigenvalue weighted by molar-refractivity contribution is 0.262. The maximum absolute atomic E-state index is 14.5. The van der Waals surface area contributed by atoms with Gasteiger partial charge in [0.15, 0.2) is 23.0 Å². The number of nitrogen functional groups attached to an aromatic ring is 1. The second-order valence-electron chi connectivity index (χ2n) is 7.97. The molecular formula is C22H19FN8OS. The first-order chi connectivity index (χ1) is 15.8. The molecule has 0 aliphatic carbocycles. The fourth-order valence-corrected chi connectivity index (χ4v) is 4.68. The molecule has 1 aromatic carbocycles.